The summed E-state index contributed by atoms with van der Waals surface area (Å²) in [5.74, 6) is 1.33. The lowest BCUT2D eigenvalue weighted by molar-refractivity contribution is -0.112. The zero-order valence-electron chi connectivity index (χ0n) is 19.4. The molecule has 0 aliphatic heterocycles. The minimum atomic E-state index is -0.499. The second-order valence-electron chi connectivity index (χ2n) is 7.50. The Balaban J connectivity index is 2.07. The first-order valence-corrected chi connectivity index (χ1v) is 11.9. The van der Waals surface area contributed by atoms with E-state index in [4.69, 9.17) is 14.2 Å². The van der Waals surface area contributed by atoms with Crippen LogP contribution < -0.4 is 19.5 Å². The highest BCUT2D eigenvalue weighted by molar-refractivity contribution is 9.10. The van der Waals surface area contributed by atoms with Crippen LogP contribution in [0.15, 0.2) is 46.4 Å². The van der Waals surface area contributed by atoms with Gasteiger partial charge in [0.05, 0.1) is 25.3 Å². The van der Waals surface area contributed by atoms with E-state index in [1.165, 1.54) is 31.8 Å². The summed E-state index contributed by atoms with van der Waals surface area (Å²) in [6, 6.07) is 12.4. The Hall–Kier alpha value is -2.98. The van der Waals surface area contributed by atoms with E-state index in [2.05, 4.69) is 28.2 Å². The van der Waals surface area contributed by atoms with Crippen molar-refractivity contribution < 1.29 is 19.0 Å². The highest BCUT2D eigenvalue weighted by Crippen LogP contribution is 2.37. The molecule has 2 aromatic rings. The van der Waals surface area contributed by atoms with E-state index in [9.17, 15) is 10.1 Å². The third-order valence-electron chi connectivity index (χ3n) is 5.02. The molecule has 0 aliphatic rings. The molecule has 0 heterocycles. The van der Waals surface area contributed by atoms with Crippen LogP contribution in [-0.4, -0.2) is 26.7 Å². The molecule has 0 radical (unpaired) electrons. The van der Waals surface area contributed by atoms with Gasteiger partial charge in [-0.1, -0.05) is 39.0 Å². The fraction of sp³-hybridized carbons (Fsp3) is 0.385. The summed E-state index contributed by atoms with van der Waals surface area (Å²) in [6.45, 7) is 2.81. The molecule has 6 nitrogen and oxygen atoms in total. The minimum absolute atomic E-state index is 0.0273. The lowest BCUT2D eigenvalue weighted by atomic mass is 10.1. The number of carbonyl (C=O) groups is 1. The fourth-order valence-electron chi connectivity index (χ4n) is 3.21. The Morgan fingerprint density at radius 2 is 1.76 bits per heavy atom. The molecular formula is C26H31BrN2O4. The van der Waals surface area contributed by atoms with Gasteiger partial charge in [0.15, 0.2) is 11.5 Å². The average molecular weight is 515 g/mol. The number of ether oxygens (including phenoxy) is 3. The van der Waals surface area contributed by atoms with E-state index in [-0.39, 0.29) is 5.57 Å². The quantitative estimate of drug-likeness (QED) is 0.181. The molecule has 2 aromatic carbocycles. The normalized spacial score (nSPS) is 10.9. The largest absolute Gasteiger partial charge is 0.497 e. The number of anilines is 1. The number of methoxy groups -OCH3 is 2. The van der Waals surface area contributed by atoms with Gasteiger partial charge in [-0.2, -0.15) is 5.26 Å². The van der Waals surface area contributed by atoms with Crippen LogP contribution in [0.5, 0.6) is 17.2 Å². The van der Waals surface area contributed by atoms with E-state index >= 15 is 0 Å². The van der Waals surface area contributed by atoms with Crippen LogP contribution in [0, 0.1) is 11.3 Å². The molecule has 0 unspecified atom stereocenters. The molecule has 33 heavy (non-hydrogen) atoms. The van der Waals surface area contributed by atoms with Crippen LogP contribution >= 0.6 is 15.9 Å². The Labute approximate surface area is 204 Å². The van der Waals surface area contributed by atoms with Crippen molar-refractivity contribution in [3.63, 3.8) is 0 Å². The maximum absolute atomic E-state index is 12.6. The zero-order chi connectivity index (χ0) is 24.1. The van der Waals surface area contributed by atoms with Gasteiger partial charge in [0.25, 0.3) is 5.91 Å². The second kappa shape index (κ2) is 14.2. The van der Waals surface area contributed by atoms with Gasteiger partial charge in [-0.15, -0.1) is 0 Å². The first kappa shape index (κ1) is 26.3. The van der Waals surface area contributed by atoms with Gasteiger partial charge in [0.2, 0.25) is 0 Å². The van der Waals surface area contributed by atoms with Crippen LogP contribution in [0.25, 0.3) is 6.08 Å². The smallest absolute Gasteiger partial charge is 0.266 e. The van der Waals surface area contributed by atoms with Gasteiger partial charge < -0.3 is 19.5 Å². The number of nitrogens with zero attached hydrogens (tertiary/aromatic N) is 1. The van der Waals surface area contributed by atoms with Crippen LogP contribution in [-0.2, 0) is 4.79 Å². The van der Waals surface area contributed by atoms with Crippen LogP contribution in [0.1, 0.15) is 51.0 Å². The molecule has 1 amide bonds. The monoisotopic (exact) mass is 514 g/mol. The van der Waals surface area contributed by atoms with Crippen molar-refractivity contribution in [2.45, 2.75) is 45.4 Å². The first-order valence-electron chi connectivity index (χ1n) is 11.1. The Bertz CT molecular complexity index is 981. The lowest BCUT2D eigenvalue weighted by Gasteiger charge is -2.14. The van der Waals surface area contributed by atoms with Gasteiger partial charge in [0, 0.05) is 5.69 Å². The van der Waals surface area contributed by atoms with Crippen molar-refractivity contribution in [3.05, 3.63) is 52.0 Å². The summed E-state index contributed by atoms with van der Waals surface area (Å²) in [4.78, 5) is 12.6. The molecule has 0 fully saturated rings. The Morgan fingerprint density at radius 1 is 1.06 bits per heavy atom. The van der Waals surface area contributed by atoms with Crippen molar-refractivity contribution >= 4 is 33.6 Å². The lowest BCUT2D eigenvalue weighted by Crippen LogP contribution is -2.13. The van der Waals surface area contributed by atoms with Gasteiger partial charge in [-0.25, -0.2) is 0 Å². The second-order valence-corrected chi connectivity index (χ2v) is 8.36. The van der Waals surface area contributed by atoms with E-state index in [1.54, 1.807) is 50.6 Å². The number of hydrogen-bond acceptors (Lipinski definition) is 5. The molecule has 0 spiro atoms. The fourth-order valence-corrected chi connectivity index (χ4v) is 3.78. The summed E-state index contributed by atoms with van der Waals surface area (Å²) in [5, 5.41) is 12.2. The van der Waals surface area contributed by atoms with E-state index in [0.717, 1.165) is 12.8 Å². The molecule has 176 valence electrons. The molecule has 0 saturated heterocycles. The van der Waals surface area contributed by atoms with Gasteiger partial charge in [-0.05, 0) is 70.4 Å². The number of amides is 1. The maximum Gasteiger partial charge on any atom is 0.266 e. The summed E-state index contributed by atoms with van der Waals surface area (Å²) < 4.78 is 17.3. The summed E-state index contributed by atoms with van der Waals surface area (Å²) in [6.07, 6.45) is 8.62. The molecule has 0 bridgehead atoms. The standard InChI is InChI=1S/C26H31BrN2O4/c1-4-5-6-7-8-9-14-33-25-23(27)16-19(17-24(25)32-3)15-20(18-28)26(30)29-21-10-12-22(31-2)13-11-21/h10-13,15-17H,4-9,14H2,1-3H3,(H,29,30)/b20-15-. The number of halogens is 1. The molecule has 0 aliphatic carbocycles. The number of unbranched alkanes of at least 4 members (excludes halogenated alkanes) is 5. The SMILES string of the molecule is CCCCCCCCOc1c(Br)cc(/C=C(/C#N)C(=O)Nc2ccc(OC)cc2)cc1OC. The topological polar surface area (TPSA) is 80.6 Å². The van der Waals surface area contributed by atoms with Gasteiger partial charge in [0.1, 0.15) is 17.4 Å². The molecule has 7 heteroatoms. The third-order valence-corrected chi connectivity index (χ3v) is 5.61. The number of nitriles is 1. The number of carbonyl (C=O) groups excluding carboxylic acids is 1. The van der Waals surface area contributed by atoms with Crippen molar-refractivity contribution in [1.82, 2.24) is 0 Å². The molecule has 0 saturated carbocycles. The van der Waals surface area contributed by atoms with E-state index in [0.29, 0.717) is 39.6 Å². The molecule has 2 rings (SSSR count). The van der Waals surface area contributed by atoms with Crippen molar-refractivity contribution in [2.24, 2.45) is 0 Å². The maximum atomic E-state index is 12.6. The highest BCUT2D eigenvalue weighted by atomic mass is 79.9. The molecule has 0 atom stereocenters. The Morgan fingerprint density at radius 3 is 2.39 bits per heavy atom. The van der Waals surface area contributed by atoms with Gasteiger partial charge >= 0.3 is 0 Å². The predicted octanol–water partition coefficient (Wildman–Crippen LogP) is 6.75. The van der Waals surface area contributed by atoms with Crippen LogP contribution in [0.2, 0.25) is 0 Å². The van der Waals surface area contributed by atoms with E-state index < -0.39 is 5.91 Å². The summed E-state index contributed by atoms with van der Waals surface area (Å²) >= 11 is 3.53. The predicted molar refractivity (Wildman–Crippen MR) is 135 cm³/mol. The first-order chi connectivity index (χ1) is 16.0. The highest BCUT2D eigenvalue weighted by Gasteiger charge is 2.14. The summed E-state index contributed by atoms with van der Waals surface area (Å²) in [5.41, 5.74) is 1.19. The zero-order valence-corrected chi connectivity index (χ0v) is 21.0. The van der Waals surface area contributed by atoms with Crippen molar-refractivity contribution in [1.29, 1.82) is 5.26 Å². The number of hydrogen-bond donors (Lipinski definition) is 1. The molecule has 1 N–H and O–H groups in total. The minimum Gasteiger partial charge on any atom is -0.497 e. The molecule has 0 aromatic heterocycles. The number of rotatable bonds is 13. The number of benzene rings is 2. The molecular weight excluding hydrogens is 484 g/mol. The van der Waals surface area contributed by atoms with Crippen molar-refractivity contribution in [2.75, 3.05) is 26.1 Å². The average Bonchev–Trinajstić information content (AvgIpc) is 2.83. The van der Waals surface area contributed by atoms with Crippen LogP contribution in [0.4, 0.5) is 5.69 Å². The number of nitrogens with one attached hydrogen (secondary N) is 1. The van der Waals surface area contributed by atoms with E-state index in [1.807, 2.05) is 6.07 Å². The van der Waals surface area contributed by atoms with Crippen LogP contribution in [0.3, 0.4) is 0 Å². The summed E-state index contributed by atoms with van der Waals surface area (Å²) in [7, 11) is 3.13. The third kappa shape index (κ3) is 8.47. The Kier molecular flexibility index (Phi) is 11.3. The van der Waals surface area contributed by atoms with Gasteiger partial charge in [-0.3, -0.25) is 4.79 Å². The van der Waals surface area contributed by atoms with Crippen molar-refractivity contribution in [3.8, 4) is 23.3 Å².